The third-order valence-electron chi connectivity index (χ3n) is 1.85. The van der Waals surface area contributed by atoms with Gasteiger partial charge in [-0.25, -0.2) is 9.97 Å². The van der Waals surface area contributed by atoms with Gasteiger partial charge in [-0.05, 0) is 19.4 Å². The number of aromatic nitrogens is 2. The first-order valence-electron chi connectivity index (χ1n) is 4.82. The number of carboxylic acid groups (broad SMARTS) is 1. The van der Waals surface area contributed by atoms with Crippen molar-refractivity contribution in [2.45, 2.75) is 37.1 Å². The van der Waals surface area contributed by atoms with Crippen LogP contribution in [0.4, 0.5) is 0 Å². The van der Waals surface area contributed by atoms with E-state index in [-0.39, 0.29) is 0 Å². The Morgan fingerprint density at radius 2 is 2.40 bits per heavy atom. The largest absolute Gasteiger partial charge is 0.480 e. The molecule has 0 aliphatic carbocycles. The Balaban J connectivity index is 2.69. The van der Waals surface area contributed by atoms with E-state index in [0.29, 0.717) is 11.6 Å². The lowest BCUT2D eigenvalue weighted by Crippen LogP contribution is -2.16. The maximum atomic E-state index is 10.9. The summed E-state index contributed by atoms with van der Waals surface area (Å²) in [4.78, 5) is 19.1. The predicted octanol–water partition coefficient (Wildman–Crippen LogP) is 2.13. The van der Waals surface area contributed by atoms with E-state index in [2.05, 4.69) is 9.97 Å². The molecule has 0 saturated heterocycles. The van der Waals surface area contributed by atoms with Gasteiger partial charge >= 0.3 is 5.97 Å². The highest BCUT2D eigenvalue weighted by Gasteiger charge is 2.18. The van der Waals surface area contributed by atoms with Gasteiger partial charge in [0.15, 0.2) is 5.16 Å². The number of aryl methyl sites for hydroxylation is 1. The molecule has 0 aromatic carbocycles. The molecule has 1 rings (SSSR count). The van der Waals surface area contributed by atoms with Gasteiger partial charge in [-0.15, -0.1) is 0 Å². The van der Waals surface area contributed by atoms with Crippen molar-refractivity contribution in [2.75, 3.05) is 0 Å². The summed E-state index contributed by atoms with van der Waals surface area (Å²) in [6, 6.07) is 1.79. The topological polar surface area (TPSA) is 63.1 Å². The van der Waals surface area contributed by atoms with Gasteiger partial charge in [0.25, 0.3) is 0 Å². The fraction of sp³-hybridized carbons (Fsp3) is 0.500. The quantitative estimate of drug-likeness (QED) is 0.615. The number of hydrogen-bond donors (Lipinski definition) is 1. The Morgan fingerprint density at radius 3 is 2.93 bits per heavy atom. The van der Waals surface area contributed by atoms with Gasteiger partial charge in [-0.2, -0.15) is 0 Å². The van der Waals surface area contributed by atoms with Gasteiger partial charge < -0.3 is 5.11 Å². The Hall–Kier alpha value is -1.10. The van der Waals surface area contributed by atoms with E-state index in [4.69, 9.17) is 5.11 Å². The average Bonchev–Trinajstić information content (AvgIpc) is 2.17. The second-order valence-corrected chi connectivity index (χ2v) is 4.38. The lowest BCUT2D eigenvalue weighted by atomic mass is 10.2. The van der Waals surface area contributed by atoms with E-state index < -0.39 is 11.2 Å². The molecule has 1 unspecified atom stereocenters. The van der Waals surface area contributed by atoms with Crippen molar-refractivity contribution in [3.63, 3.8) is 0 Å². The molecule has 15 heavy (non-hydrogen) atoms. The third-order valence-corrected chi connectivity index (χ3v) is 2.98. The molecule has 1 N–H and O–H groups in total. The number of hydrogen-bond acceptors (Lipinski definition) is 4. The minimum absolute atomic E-state index is 0.447. The number of nitrogens with zero attached hydrogens (tertiary/aromatic N) is 2. The van der Waals surface area contributed by atoms with Crippen molar-refractivity contribution in [3.8, 4) is 0 Å². The van der Waals surface area contributed by atoms with Crippen LogP contribution in [0, 0.1) is 6.92 Å². The molecule has 5 heteroatoms. The third kappa shape index (κ3) is 3.87. The van der Waals surface area contributed by atoms with Crippen LogP contribution in [0.5, 0.6) is 0 Å². The Labute approximate surface area is 93.1 Å². The van der Waals surface area contributed by atoms with Crippen LogP contribution in [-0.2, 0) is 4.79 Å². The first kappa shape index (κ1) is 12.0. The fourth-order valence-corrected chi connectivity index (χ4v) is 2.13. The Morgan fingerprint density at radius 1 is 1.67 bits per heavy atom. The first-order valence-corrected chi connectivity index (χ1v) is 5.70. The van der Waals surface area contributed by atoms with Crippen molar-refractivity contribution in [1.82, 2.24) is 9.97 Å². The summed E-state index contributed by atoms with van der Waals surface area (Å²) >= 11 is 1.21. The molecule has 0 fully saturated rings. The van der Waals surface area contributed by atoms with E-state index in [1.54, 1.807) is 12.3 Å². The molecular weight excluding hydrogens is 212 g/mol. The summed E-state index contributed by atoms with van der Waals surface area (Å²) in [6.45, 7) is 3.83. The maximum Gasteiger partial charge on any atom is 0.317 e. The molecule has 0 spiro atoms. The summed E-state index contributed by atoms with van der Waals surface area (Å²) in [5, 5.41) is 9.05. The molecule has 0 saturated carbocycles. The maximum absolute atomic E-state index is 10.9. The van der Waals surface area contributed by atoms with Crippen molar-refractivity contribution in [3.05, 3.63) is 18.0 Å². The SMILES string of the molecule is CCCC(Sc1nccc(C)n1)C(=O)O. The van der Waals surface area contributed by atoms with Crippen molar-refractivity contribution >= 4 is 17.7 Å². The minimum atomic E-state index is -0.799. The van der Waals surface area contributed by atoms with Crippen LogP contribution < -0.4 is 0 Å². The molecular formula is C10H14N2O2S. The lowest BCUT2D eigenvalue weighted by Gasteiger charge is -2.09. The molecule has 82 valence electrons. The highest BCUT2D eigenvalue weighted by Crippen LogP contribution is 2.23. The highest BCUT2D eigenvalue weighted by molar-refractivity contribution is 8.00. The fourth-order valence-electron chi connectivity index (χ4n) is 1.10. The van der Waals surface area contributed by atoms with E-state index in [1.807, 2.05) is 13.8 Å². The molecule has 1 heterocycles. The van der Waals surface area contributed by atoms with Crippen LogP contribution in [0.1, 0.15) is 25.5 Å². The van der Waals surface area contributed by atoms with E-state index >= 15 is 0 Å². The van der Waals surface area contributed by atoms with Crippen LogP contribution in [-0.4, -0.2) is 26.3 Å². The molecule has 4 nitrogen and oxygen atoms in total. The summed E-state index contributed by atoms with van der Waals surface area (Å²) < 4.78 is 0. The molecule has 0 amide bonds. The number of aliphatic carboxylic acids is 1. The highest BCUT2D eigenvalue weighted by atomic mass is 32.2. The van der Waals surface area contributed by atoms with Crippen molar-refractivity contribution in [2.24, 2.45) is 0 Å². The normalized spacial score (nSPS) is 12.4. The van der Waals surface area contributed by atoms with Gasteiger partial charge in [-0.1, -0.05) is 25.1 Å². The Kier molecular flexibility index (Phi) is 4.55. The Bertz CT molecular complexity index is 344. The van der Waals surface area contributed by atoms with Crippen LogP contribution >= 0.6 is 11.8 Å². The second-order valence-electron chi connectivity index (χ2n) is 3.21. The van der Waals surface area contributed by atoms with Gasteiger partial charge in [-0.3, -0.25) is 4.79 Å². The van der Waals surface area contributed by atoms with Gasteiger partial charge in [0.1, 0.15) is 5.25 Å². The summed E-state index contributed by atoms with van der Waals surface area (Å²) in [7, 11) is 0. The number of thioether (sulfide) groups is 1. The molecule has 0 radical (unpaired) electrons. The lowest BCUT2D eigenvalue weighted by molar-refractivity contribution is -0.136. The molecule has 0 aliphatic heterocycles. The molecule has 1 atom stereocenters. The molecule has 0 bridgehead atoms. The van der Waals surface area contributed by atoms with Crippen LogP contribution in [0.3, 0.4) is 0 Å². The van der Waals surface area contributed by atoms with Crippen LogP contribution in [0.15, 0.2) is 17.4 Å². The predicted molar refractivity (Wildman–Crippen MR) is 59.0 cm³/mol. The average molecular weight is 226 g/mol. The standard InChI is InChI=1S/C10H14N2O2S/c1-3-4-8(9(13)14)15-10-11-6-5-7(2)12-10/h5-6,8H,3-4H2,1-2H3,(H,13,14). The zero-order valence-electron chi connectivity index (χ0n) is 8.80. The van der Waals surface area contributed by atoms with Crippen LogP contribution in [0.25, 0.3) is 0 Å². The molecule has 1 aromatic rings. The van der Waals surface area contributed by atoms with Gasteiger partial charge in [0.05, 0.1) is 0 Å². The van der Waals surface area contributed by atoms with E-state index in [0.717, 1.165) is 12.1 Å². The smallest absolute Gasteiger partial charge is 0.317 e. The van der Waals surface area contributed by atoms with Gasteiger partial charge in [0.2, 0.25) is 0 Å². The number of rotatable bonds is 5. The van der Waals surface area contributed by atoms with E-state index in [1.165, 1.54) is 11.8 Å². The minimum Gasteiger partial charge on any atom is -0.480 e. The molecule has 1 aromatic heterocycles. The first-order chi connectivity index (χ1) is 7.13. The van der Waals surface area contributed by atoms with Gasteiger partial charge in [0, 0.05) is 11.9 Å². The number of carbonyl (C=O) groups is 1. The van der Waals surface area contributed by atoms with Crippen LogP contribution in [0.2, 0.25) is 0 Å². The number of carboxylic acids is 1. The molecule has 0 aliphatic rings. The summed E-state index contributed by atoms with van der Waals surface area (Å²) in [5.41, 5.74) is 0.855. The summed E-state index contributed by atoms with van der Waals surface area (Å²) in [6.07, 6.45) is 3.13. The van der Waals surface area contributed by atoms with E-state index in [9.17, 15) is 4.79 Å². The summed E-state index contributed by atoms with van der Waals surface area (Å²) in [5.74, 6) is -0.799. The zero-order chi connectivity index (χ0) is 11.3. The monoisotopic (exact) mass is 226 g/mol. The zero-order valence-corrected chi connectivity index (χ0v) is 9.62. The van der Waals surface area contributed by atoms with Crippen molar-refractivity contribution in [1.29, 1.82) is 0 Å². The second kappa shape index (κ2) is 5.70. The van der Waals surface area contributed by atoms with Crippen molar-refractivity contribution < 1.29 is 9.90 Å².